The molecule has 6 heteroatoms. The summed E-state index contributed by atoms with van der Waals surface area (Å²) >= 11 is 6.13. The van der Waals surface area contributed by atoms with Crippen molar-refractivity contribution in [3.8, 4) is 11.5 Å². The molecule has 1 amide bonds. The number of hydrogen-bond donors (Lipinski definition) is 0. The molecule has 3 aromatic rings. The van der Waals surface area contributed by atoms with Crippen molar-refractivity contribution >= 4 is 17.5 Å². The number of halogens is 1. The van der Waals surface area contributed by atoms with Crippen molar-refractivity contribution in [1.29, 1.82) is 0 Å². The molecule has 1 saturated heterocycles. The predicted octanol–water partition coefficient (Wildman–Crippen LogP) is 4.41. The Labute approximate surface area is 193 Å². The Hall–Kier alpha value is -3.02. The van der Waals surface area contributed by atoms with E-state index in [4.69, 9.17) is 21.1 Å². The number of amides is 1. The first kappa shape index (κ1) is 20.9. The van der Waals surface area contributed by atoms with E-state index in [2.05, 4.69) is 41.3 Å². The number of ether oxygens (including phenoxy) is 2. The summed E-state index contributed by atoms with van der Waals surface area (Å²) in [5, 5.41) is 0.729. The van der Waals surface area contributed by atoms with Gasteiger partial charge in [0, 0.05) is 31.2 Å². The fourth-order valence-corrected chi connectivity index (χ4v) is 4.57. The van der Waals surface area contributed by atoms with Gasteiger partial charge in [-0.15, -0.1) is 0 Å². The van der Waals surface area contributed by atoms with Gasteiger partial charge in [0.15, 0.2) is 11.5 Å². The number of piperazine rings is 1. The van der Waals surface area contributed by atoms with Crippen LogP contribution >= 0.6 is 11.6 Å². The number of para-hydroxylation sites is 2. The highest BCUT2D eigenvalue weighted by atomic mass is 35.5. The second kappa shape index (κ2) is 9.23. The topological polar surface area (TPSA) is 42.0 Å². The Bertz CT molecular complexity index is 1070. The number of nitrogens with zero attached hydrogens (tertiary/aromatic N) is 2. The smallest absolute Gasteiger partial charge is 0.267 e. The van der Waals surface area contributed by atoms with Crippen molar-refractivity contribution in [2.75, 3.05) is 32.8 Å². The third kappa shape index (κ3) is 4.31. The summed E-state index contributed by atoms with van der Waals surface area (Å²) in [6.45, 7) is 3.10. The van der Waals surface area contributed by atoms with Crippen LogP contribution in [0.4, 0.5) is 0 Å². The number of rotatable bonds is 4. The highest BCUT2D eigenvalue weighted by Gasteiger charge is 2.34. The average Bonchev–Trinajstić information content (AvgIpc) is 2.86. The minimum atomic E-state index is -0.599. The molecule has 1 fully saturated rings. The molecule has 3 aromatic carbocycles. The predicted molar refractivity (Wildman–Crippen MR) is 124 cm³/mol. The number of carbonyl (C=O) groups is 1. The molecule has 2 aliphatic heterocycles. The van der Waals surface area contributed by atoms with Gasteiger partial charge in [-0.3, -0.25) is 9.69 Å². The summed E-state index contributed by atoms with van der Waals surface area (Å²) in [6, 6.07) is 26.1. The summed E-state index contributed by atoms with van der Waals surface area (Å²) in [5.74, 6) is 1.31. The van der Waals surface area contributed by atoms with Crippen molar-refractivity contribution < 1.29 is 14.3 Å². The Morgan fingerprint density at radius 2 is 1.44 bits per heavy atom. The zero-order valence-corrected chi connectivity index (χ0v) is 18.4. The van der Waals surface area contributed by atoms with Crippen LogP contribution in [0.25, 0.3) is 0 Å². The third-order valence-electron chi connectivity index (χ3n) is 6.08. The van der Waals surface area contributed by atoms with Crippen LogP contribution in [0.3, 0.4) is 0 Å². The second-order valence-corrected chi connectivity index (χ2v) is 8.53. The van der Waals surface area contributed by atoms with Crippen LogP contribution in [-0.2, 0) is 4.79 Å². The number of carbonyl (C=O) groups excluding carboxylic acids is 1. The van der Waals surface area contributed by atoms with Crippen LogP contribution in [0.2, 0.25) is 5.02 Å². The van der Waals surface area contributed by atoms with Gasteiger partial charge in [0.1, 0.15) is 6.61 Å². The molecular formula is C26H25ClN2O3. The SMILES string of the molecule is O=C([C@@H]1COc2ccccc2O1)N1CCN([C@@H](c2ccccc2)c2ccc(Cl)cc2)CC1. The maximum Gasteiger partial charge on any atom is 0.267 e. The summed E-state index contributed by atoms with van der Waals surface area (Å²) < 4.78 is 11.7. The van der Waals surface area contributed by atoms with Gasteiger partial charge in [0.25, 0.3) is 5.91 Å². The van der Waals surface area contributed by atoms with E-state index in [1.54, 1.807) is 0 Å². The van der Waals surface area contributed by atoms with Gasteiger partial charge < -0.3 is 14.4 Å². The fourth-order valence-electron chi connectivity index (χ4n) is 4.44. The highest BCUT2D eigenvalue weighted by Crippen LogP contribution is 2.33. The lowest BCUT2D eigenvalue weighted by molar-refractivity contribution is -0.143. The van der Waals surface area contributed by atoms with Gasteiger partial charge in [-0.1, -0.05) is 66.2 Å². The van der Waals surface area contributed by atoms with Gasteiger partial charge in [0.2, 0.25) is 6.10 Å². The summed E-state index contributed by atoms with van der Waals surface area (Å²) in [5.41, 5.74) is 2.43. The van der Waals surface area contributed by atoms with E-state index in [1.807, 2.05) is 47.4 Å². The maximum absolute atomic E-state index is 13.1. The molecular weight excluding hydrogens is 424 g/mol. The molecule has 0 aliphatic carbocycles. The first-order valence-corrected chi connectivity index (χ1v) is 11.3. The summed E-state index contributed by atoms with van der Waals surface area (Å²) in [4.78, 5) is 17.4. The van der Waals surface area contributed by atoms with Crippen LogP contribution < -0.4 is 9.47 Å². The van der Waals surface area contributed by atoms with Crippen molar-refractivity contribution in [2.24, 2.45) is 0 Å². The molecule has 32 heavy (non-hydrogen) atoms. The molecule has 2 aliphatic rings. The Balaban J connectivity index is 1.28. The van der Waals surface area contributed by atoms with Gasteiger partial charge in [-0.2, -0.15) is 0 Å². The zero-order chi connectivity index (χ0) is 21.9. The van der Waals surface area contributed by atoms with Gasteiger partial charge in [-0.05, 0) is 35.4 Å². The lowest BCUT2D eigenvalue weighted by Crippen LogP contribution is -2.54. The average molecular weight is 449 g/mol. The second-order valence-electron chi connectivity index (χ2n) is 8.09. The monoisotopic (exact) mass is 448 g/mol. The van der Waals surface area contributed by atoms with E-state index in [0.29, 0.717) is 24.6 Å². The van der Waals surface area contributed by atoms with Gasteiger partial charge in [-0.25, -0.2) is 0 Å². The largest absolute Gasteiger partial charge is 0.485 e. The molecule has 0 unspecified atom stereocenters. The van der Waals surface area contributed by atoms with E-state index < -0.39 is 6.10 Å². The van der Waals surface area contributed by atoms with E-state index in [1.165, 1.54) is 11.1 Å². The molecule has 0 spiro atoms. The standard InChI is InChI=1S/C26H25ClN2O3/c27-21-12-10-20(11-13-21)25(19-6-2-1-3-7-19)28-14-16-29(17-15-28)26(30)24-18-31-22-8-4-5-9-23(22)32-24/h1-13,24-25H,14-18H2/t24-,25-/m0/s1. The third-order valence-corrected chi connectivity index (χ3v) is 6.33. The van der Waals surface area contributed by atoms with Crippen LogP contribution in [-0.4, -0.2) is 54.6 Å². The molecule has 0 N–H and O–H groups in total. The maximum atomic E-state index is 13.1. The van der Waals surface area contributed by atoms with Gasteiger partial charge >= 0.3 is 0 Å². The van der Waals surface area contributed by atoms with Crippen LogP contribution in [0.5, 0.6) is 11.5 Å². The van der Waals surface area contributed by atoms with E-state index in [9.17, 15) is 4.79 Å². The lowest BCUT2D eigenvalue weighted by atomic mass is 9.96. The van der Waals surface area contributed by atoms with Crippen molar-refractivity contribution in [3.63, 3.8) is 0 Å². The molecule has 2 heterocycles. The Morgan fingerprint density at radius 3 is 2.16 bits per heavy atom. The molecule has 2 atom stereocenters. The number of fused-ring (bicyclic) bond motifs is 1. The van der Waals surface area contributed by atoms with Gasteiger partial charge in [0.05, 0.1) is 6.04 Å². The minimum Gasteiger partial charge on any atom is -0.485 e. The molecule has 164 valence electrons. The van der Waals surface area contributed by atoms with E-state index >= 15 is 0 Å². The van der Waals surface area contributed by atoms with Crippen molar-refractivity contribution in [2.45, 2.75) is 12.1 Å². The molecule has 5 nitrogen and oxygen atoms in total. The normalized spacial score (nSPS) is 19.4. The molecule has 0 radical (unpaired) electrons. The highest BCUT2D eigenvalue weighted by molar-refractivity contribution is 6.30. The fraction of sp³-hybridized carbons (Fsp3) is 0.269. The minimum absolute atomic E-state index is 0.0121. The Morgan fingerprint density at radius 1 is 0.812 bits per heavy atom. The quantitative estimate of drug-likeness (QED) is 0.592. The van der Waals surface area contributed by atoms with Crippen LogP contribution in [0.15, 0.2) is 78.9 Å². The summed E-state index contributed by atoms with van der Waals surface area (Å²) in [7, 11) is 0. The van der Waals surface area contributed by atoms with Crippen LogP contribution in [0, 0.1) is 0 Å². The molecule has 0 bridgehead atoms. The number of benzene rings is 3. The molecule has 0 aromatic heterocycles. The summed E-state index contributed by atoms with van der Waals surface area (Å²) in [6.07, 6.45) is -0.599. The Kier molecular flexibility index (Phi) is 6.02. The first-order valence-electron chi connectivity index (χ1n) is 10.9. The first-order chi connectivity index (χ1) is 15.7. The van der Waals surface area contributed by atoms with Crippen molar-refractivity contribution in [1.82, 2.24) is 9.80 Å². The lowest BCUT2D eigenvalue weighted by Gasteiger charge is -2.41. The molecule has 0 saturated carbocycles. The van der Waals surface area contributed by atoms with Crippen molar-refractivity contribution in [3.05, 3.63) is 95.0 Å². The van der Waals surface area contributed by atoms with E-state index in [0.717, 1.165) is 18.1 Å². The molecule has 5 rings (SSSR count). The van der Waals surface area contributed by atoms with Crippen LogP contribution in [0.1, 0.15) is 17.2 Å². The zero-order valence-electron chi connectivity index (χ0n) is 17.7. The number of hydrogen-bond acceptors (Lipinski definition) is 4. The van der Waals surface area contributed by atoms with E-state index in [-0.39, 0.29) is 18.6 Å².